The molecule has 14 heavy (non-hydrogen) atoms. The van der Waals surface area contributed by atoms with Crippen molar-refractivity contribution in [2.45, 2.75) is 39.1 Å². The third kappa shape index (κ3) is 7.26. The predicted octanol–water partition coefficient (Wildman–Crippen LogP) is 0.824. The average Bonchev–Trinajstić information content (AvgIpc) is 2.22. The average molecular weight is 206 g/mol. The second-order valence-electron chi connectivity index (χ2n) is 3.52. The molecular weight excluding hydrogens is 184 g/mol. The Kier molecular flexibility index (Phi) is 8.08. The van der Waals surface area contributed by atoms with E-state index in [1.54, 1.807) is 7.11 Å². The first kappa shape index (κ1) is 13.8. The number of methoxy groups -OCH3 is 1. The molecule has 4 nitrogen and oxygen atoms in total. The molecule has 0 aliphatic rings. The Morgan fingerprint density at radius 3 is 1.93 bits per heavy atom. The van der Waals surface area contributed by atoms with Crippen molar-refractivity contribution in [2.24, 2.45) is 0 Å². The maximum Gasteiger partial charge on any atom is 0.0781 e. The Morgan fingerprint density at radius 1 is 0.929 bits per heavy atom. The normalized spacial score (nSPS) is 17.8. The lowest BCUT2D eigenvalue weighted by atomic mass is 10.4. The second kappa shape index (κ2) is 8.17. The SMILES string of the molecule is CO[C@H](C)CO[C@@H](C)CO[C@@H](C)CO. The summed E-state index contributed by atoms with van der Waals surface area (Å²) in [7, 11) is 1.66. The van der Waals surface area contributed by atoms with Crippen molar-refractivity contribution in [2.75, 3.05) is 26.9 Å². The molecule has 0 aliphatic heterocycles. The first-order valence-corrected chi connectivity index (χ1v) is 4.97. The molecule has 0 saturated heterocycles. The van der Waals surface area contributed by atoms with Gasteiger partial charge in [0, 0.05) is 7.11 Å². The molecular formula is C10H22O4. The van der Waals surface area contributed by atoms with Crippen LogP contribution in [0.25, 0.3) is 0 Å². The van der Waals surface area contributed by atoms with Crippen LogP contribution in [0.4, 0.5) is 0 Å². The summed E-state index contributed by atoms with van der Waals surface area (Å²) in [6.07, 6.45) is 0.00946. The third-order valence-electron chi connectivity index (χ3n) is 1.89. The van der Waals surface area contributed by atoms with Gasteiger partial charge in [-0.05, 0) is 20.8 Å². The molecule has 0 aliphatic carbocycles. The van der Waals surface area contributed by atoms with Crippen molar-refractivity contribution in [1.29, 1.82) is 0 Å². The maximum atomic E-state index is 8.72. The Balaban J connectivity index is 3.40. The molecule has 0 amide bonds. The summed E-state index contributed by atoms with van der Waals surface area (Å²) < 4.78 is 15.8. The molecule has 0 radical (unpaired) electrons. The van der Waals surface area contributed by atoms with E-state index in [1.165, 1.54) is 0 Å². The molecule has 3 atom stereocenters. The number of ether oxygens (including phenoxy) is 3. The molecule has 0 aromatic carbocycles. The zero-order valence-corrected chi connectivity index (χ0v) is 9.53. The van der Waals surface area contributed by atoms with Crippen molar-refractivity contribution in [3.63, 3.8) is 0 Å². The summed E-state index contributed by atoms with van der Waals surface area (Å²) in [5.41, 5.74) is 0. The number of rotatable bonds is 8. The number of aliphatic hydroxyl groups excluding tert-OH is 1. The van der Waals surface area contributed by atoms with E-state index in [0.717, 1.165) is 0 Å². The van der Waals surface area contributed by atoms with Gasteiger partial charge in [-0.15, -0.1) is 0 Å². The van der Waals surface area contributed by atoms with Gasteiger partial charge >= 0.3 is 0 Å². The van der Waals surface area contributed by atoms with Gasteiger partial charge in [-0.25, -0.2) is 0 Å². The standard InChI is InChI=1S/C10H22O4/c1-8(5-11)13-7-10(3)14-6-9(2)12-4/h8-11H,5-7H2,1-4H3/t8-,9+,10-/m0/s1. The molecule has 86 valence electrons. The van der Waals surface area contributed by atoms with Crippen molar-refractivity contribution in [1.82, 2.24) is 0 Å². The molecule has 0 unspecified atom stereocenters. The zero-order chi connectivity index (χ0) is 11.0. The van der Waals surface area contributed by atoms with Gasteiger partial charge < -0.3 is 19.3 Å². The first-order chi connectivity index (χ1) is 6.60. The topological polar surface area (TPSA) is 47.9 Å². The molecule has 1 N–H and O–H groups in total. The van der Waals surface area contributed by atoms with Crippen molar-refractivity contribution < 1.29 is 19.3 Å². The monoisotopic (exact) mass is 206 g/mol. The summed E-state index contributed by atoms with van der Waals surface area (Å²) in [4.78, 5) is 0. The lowest BCUT2D eigenvalue weighted by Crippen LogP contribution is -2.25. The van der Waals surface area contributed by atoms with Gasteiger partial charge in [-0.2, -0.15) is 0 Å². The van der Waals surface area contributed by atoms with E-state index in [9.17, 15) is 0 Å². The molecule has 0 aromatic rings. The highest BCUT2D eigenvalue weighted by atomic mass is 16.6. The molecule has 0 rings (SSSR count). The van der Waals surface area contributed by atoms with E-state index in [0.29, 0.717) is 13.2 Å². The fraction of sp³-hybridized carbons (Fsp3) is 1.00. The Bertz CT molecular complexity index is 115. The van der Waals surface area contributed by atoms with Gasteiger partial charge in [0.25, 0.3) is 0 Å². The van der Waals surface area contributed by atoms with Crippen LogP contribution in [0, 0.1) is 0 Å². The number of aliphatic hydroxyl groups is 1. The van der Waals surface area contributed by atoms with Crippen LogP contribution < -0.4 is 0 Å². The van der Waals surface area contributed by atoms with Crippen LogP contribution in [0.3, 0.4) is 0 Å². The Labute approximate surface area is 86.2 Å². The van der Waals surface area contributed by atoms with E-state index in [4.69, 9.17) is 19.3 Å². The third-order valence-corrected chi connectivity index (χ3v) is 1.89. The molecule has 0 bridgehead atoms. The highest BCUT2D eigenvalue weighted by Gasteiger charge is 2.07. The van der Waals surface area contributed by atoms with Gasteiger partial charge in [-0.3, -0.25) is 0 Å². The number of hydrogen-bond acceptors (Lipinski definition) is 4. The highest BCUT2D eigenvalue weighted by molar-refractivity contribution is 4.53. The van der Waals surface area contributed by atoms with Crippen LogP contribution in [0.2, 0.25) is 0 Å². The van der Waals surface area contributed by atoms with Crippen molar-refractivity contribution >= 4 is 0 Å². The highest BCUT2D eigenvalue weighted by Crippen LogP contribution is 1.98. The minimum absolute atomic E-state index is 0.0293. The van der Waals surface area contributed by atoms with Crippen LogP contribution >= 0.6 is 0 Å². The molecule has 0 heterocycles. The largest absolute Gasteiger partial charge is 0.394 e. The van der Waals surface area contributed by atoms with E-state index in [1.807, 2.05) is 20.8 Å². The minimum Gasteiger partial charge on any atom is -0.394 e. The molecule has 0 fully saturated rings. The van der Waals surface area contributed by atoms with Crippen molar-refractivity contribution in [3.05, 3.63) is 0 Å². The van der Waals surface area contributed by atoms with Crippen LogP contribution in [0.5, 0.6) is 0 Å². The van der Waals surface area contributed by atoms with Crippen LogP contribution in [0.15, 0.2) is 0 Å². The molecule has 4 heteroatoms. The minimum atomic E-state index is -0.124. The summed E-state index contributed by atoms with van der Waals surface area (Å²) in [6.45, 7) is 6.81. The van der Waals surface area contributed by atoms with Gasteiger partial charge in [0.15, 0.2) is 0 Å². The second-order valence-corrected chi connectivity index (χ2v) is 3.52. The summed E-state index contributed by atoms with van der Waals surface area (Å²) in [6, 6.07) is 0. The predicted molar refractivity (Wildman–Crippen MR) is 54.4 cm³/mol. The van der Waals surface area contributed by atoms with E-state index < -0.39 is 0 Å². The van der Waals surface area contributed by atoms with Gasteiger partial charge in [-0.1, -0.05) is 0 Å². The smallest absolute Gasteiger partial charge is 0.0781 e. The summed E-state index contributed by atoms with van der Waals surface area (Å²) >= 11 is 0. The molecule has 0 aromatic heterocycles. The molecule has 0 saturated carbocycles. The van der Waals surface area contributed by atoms with Crippen LogP contribution in [-0.2, 0) is 14.2 Å². The Morgan fingerprint density at radius 2 is 1.43 bits per heavy atom. The van der Waals surface area contributed by atoms with Gasteiger partial charge in [0.1, 0.15) is 0 Å². The summed E-state index contributed by atoms with van der Waals surface area (Å²) in [5, 5.41) is 8.72. The van der Waals surface area contributed by atoms with Crippen molar-refractivity contribution in [3.8, 4) is 0 Å². The Hall–Kier alpha value is -0.160. The maximum absolute atomic E-state index is 8.72. The fourth-order valence-corrected chi connectivity index (χ4v) is 0.768. The zero-order valence-electron chi connectivity index (χ0n) is 9.53. The first-order valence-electron chi connectivity index (χ1n) is 4.97. The van der Waals surface area contributed by atoms with E-state index >= 15 is 0 Å². The fourth-order valence-electron chi connectivity index (χ4n) is 0.768. The molecule has 0 spiro atoms. The van der Waals surface area contributed by atoms with Gasteiger partial charge in [0.2, 0.25) is 0 Å². The lowest BCUT2D eigenvalue weighted by molar-refractivity contribution is -0.0677. The lowest BCUT2D eigenvalue weighted by Gasteiger charge is -2.18. The van der Waals surface area contributed by atoms with E-state index in [-0.39, 0.29) is 24.9 Å². The number of hydrogen-bond donors (Lipinski definition) is 1. The quantitative estimate of drug-likeness (QED) is 0.639. The van der Waals surface area contributed by atoms with Crippen LogP contribution in [-0.4, -0.2) is 50.3 Å². The van der Waals surface area contributed by atoms with Gasteiger partial charge in [0.05, 0.1) is 38.1 Å². The van der Waals surface area contributed by atoms with E-state index in [2.05, 4.69) is 0 Å². The summed E-state index contributed by atoms with van der Waals surface area (Å²) in [5.74, 6) is 0. The van der Waals surface area contributed by atoms with Crippen LogP contribution in [0.1, 0.15) is 20.8 Å².